The lowest BCUT2D eigenvalue weighted by atomic mass is 10.2. The van der Waals surface area contributed by atoms with Crippen molar-refractivity contribution in [2.75, 3.05) is 5.32 Å². The van der Waals surface area contributed by atoms with Crippen molar-refractivity contribution < 1.29 is 26.4 Å². The smallest absolute Gasteiger partial charge is 0.290 e. The van der Waals surface area contributed by atoms with Crippen molar-refractivity contribution in [2.45, 2.75) is 11.4 Å². The van der Waals surface area contributed by atoms with E-state index < -0.39 is 45.6 Å². The van der Waals surface area contributed by atoms with Gasteiger partial charge in [0, 0.05) is 23.9 Å². The van der Waals surface area contributed by atoms with Crippen LogP contribution in [0, 0.1) is 17.5 Å². The number of amides is 2. The number of anilines is 1. The lowest BCUT2D eigenvalue weighted by Crippen LogP contribution is -2.44. The zero-order valence-corrected chi connectivity index (χ0v) is 12.1. The molecule has 0 bridgehead atoms. The maximum absolute atomic E-state index is 13.7. The molecule has 1 aromatic carbocycles. The summed E-state index contributed by atoms with van der Waals surface area (Å²) in [5.74, 6) is -3.90. The highest BCUT2D eigenvalue weighted by molar-refractivity contribution is 7.90. The van der Waals surface area contributed by atoms with Crippen LogP contribution in [0.1, 0.15) is 5.56 Å². The van der Waals surface area contributed by atoms with Gasteiger partial charge in [-0.15, -0.1) is 0 Å². The third kappa shape index (κ3) is 2.50. The molecule has 0 radical (unpaired) electrons. The van der Waals surface area contributed by atoms with Crippen molar-refractivity contribution in [3.63, 3.8) is 0 Å². The number of fused-ring (bicyclic) bond motifs is 1. The third-order valence-corrected chi connectivity index (χ3v) is 4.96. The number of urea groups is 1. The number of carbonyl (C=O) groups excluding carboxylic acids is 1. The predicted octanol–water partition coefficient (Wildman–Crippen LogP) is 2.24. The number of nitrogens with one attached hydrogen (secondary N) is 1. The van der Waals surface area contributed by atoms with Gasteiger partial charge in [-0.25, -0.2) is 35.7 Å². The Kier molecular flexibility index (Phi) is 3.48. The van der Waals surface area contributed by atoms with E-state index in [1.54, 1.807) is 0 Å². The minimum Gasteiger partial charge on any atom is -0.290 e. The van der Waals surface area contributed by atoms with E-state index in [1.807, 2.05) is 0 Å². The van der Waals surface area contributed by atoms with Gasteiger partial charge in [0.15, 0.2) is 5.82 Å². The fraction of sp³-hybridized carbons (Fsp3) is 0.0769. The summed E-state index contributed by atoms with van der Waals surface area (Å²) in [4.78, 5) is 15.4. The van der Waals surface area contributed by atoms with Crippen LogP contribution in [0.4, 0.5) is 23.8 Å². The predicted molar refractivity (Wildman–Crippen MR) is 72.3 cm³/mol. The standard InChI is InChI=1S/C13H8F3N3O3S/c14-7-4-9(15)8(10(16)5-7)6-19-13(20)18-12-11(23(19,21)22)2-1-3-17-12/h1-5H,6H2,(H,17,18,20). The normalized spacial score (nSPS) is 16.0. The first-order valence-electron chi connectivity index (χ1n) is 6.23. The number of pyridine rings is 1. The molecule has 1 aromatic heterocycles. The minimum atomic E-state index is -4.34. The molecule has 6 nitrogen and oxygen atoms in total. The molecular formula is C13H8F3N3O3S. The Morgan fingerprint density at radius 3 is 2.48 bits per heavy atom. The molecule has 2 amide bonds. The van der Waals surface area contributed by atoms with Crippen LogP contribution in [-0.2, 0) is 16.6 Å². The van der Waals surface area contributed by atoms with Gasteiger partial charge in [-0.3, -0.25) is 5.32 Å². The van der Waals surface area contributed by atoms with Crippen LogP contribution in [-0.4, -0.2) is 23.7 Å². The highest BCUT2D eigenvalue weighted by atomic mass is 32.2. The molecule has 0 fully saturated rings. The van der Waals surface area contributed by atoms with Crippen LogP contribution in [0.2, 0.25) is 0 Å². The van der Waals surface area contributed by atoms with E-state index in [0.717, 1.165) is 0 Å². The van der Waals surface area contributed by atoms with Crippen LogP contribution in [0.15, 0.2) is 35.4 Å². The second-order valence-electron chi connectivity index (χ2n) is 4.64. The molecule has 0 aliphatic carbocycles. The van der Waals surface area contributed by atoms with E-state index in [-0.39, 0.29) is 15.0 Å². The highest BCUT2D eigenvalue weighted by Crippen LogP contribution is 2.30. The summed E-state index contributed by atoms with van der Waals surface area (Å²) in [7, 11) is -4.34. The molecule has 0 atom stereocenters. The summed E-state index contributed by atoms with van der Waals surface area (Å²) in [6.45, 7) is -0.916. The van der Waals surface area contributed by atoms with Gasteiger partial charge in [0.1, 0.15) is 22.3 Å². The quantitative estimate of drug-likeness (QED) is 0.907. The number of carbonyl (C=O) groups is 1. The van der Waals surface area contributed by atoms with E-state index in [2.05, 4.69) is 10.3 Å². The Morgan fingerprint density at radius 1 is 1.17 bits per heavy atom. The maximum atomic E-state index is 13.7. The fourth-order valence-corrected chi connectivity index (χ4v) is 3.51. The van der Waals surface area contributed by atoms with E-state index in [1.165, 1.54) is 18.3 Å². The number of aromatic nitrogens is 1. The largest absolute Gasteiger partial charge is 0.337 e. The van der Waals surface area contributed by atoms with Crippen molar-refractivity contribution in [1.29, 1.82) is 0 Å². The monoisotopic (exact) mass is 343 g/mol. The van der Waals surface area contributed by atoms with Crippen molar-refractivity contribution >= 4 is 21.9 Å². The van der Waals surface area contributed by atoms with Gasteiger partial charge < -0.3 is 0 Å². The molecule has 0 spiro atoms. The Labute approximate surface area is 128 Å². The van der Waals surface area contributed by atoms with Gasteiger partial charge in [0.2, 0.25) is 0 Å². The van der Waals surface area contributed by atoms with E-state index >= 15 is 0 Å². The molecule has 3 rings (SSSR count). The average Bonchev–Trinajstić information content (AvgIpc) is 2.45. The summed E-state index contributed by atoms with van der Waals surface area (Å²) >= 11 is 0. The number of rotatable bonds is 2. The first kappa shape index (κ1) is 15.3. The molecule has 0 saturated carbocycles. The van der Waals surface area contributed by atoms with Gasteiger partial charge >= 0.3 is 6.03 Å². The molecule has 23 heavy (non-hydrogen) atoms. The molecule has 0 saturated heterocycles. The lowest BCUT2D eigenvalue weighted by Gasteiger charge is -2.28. The van der Waals surface area contributed by atoms with Gasteiger partial charge in [-0.05, 0) is 12.1 Å². The highest BCUT2D eigenvalue weighted by Gasteiger charge is 2.38. The SMILES string of the molecule is O=C1Nc2ncccc2S(=O)(=O)N1Cc1c(F)cc(F)cc1F. The summed E-state index contributed by atoms with van der Waals surface area (Å²) in [6.07, 6.45) is 1.28. The minimum absolute atomic E-state index is 0.172. The second-order valence-corrected chi connectivity index (χ2v) is 6.47. The summed E-state index contributed by atoms with van der Waals surface area (Å²) < 4.78 is 65.4. The zero-order valence-electron chi connectivity index (χ0n) is 11.3. The first-order valence-corrected chi connectivity index (χ1v) is 7.67. The van der Waals surface area contributed by atoms with E-state index in [9.17, 15) is 26.4 Å². The number of nitrogens with zero attached hydrogens (tertiary/aromatic N) is 2. The molecule has 10 heteroatoms. The topological polar surface area (TPSA) is 79.4 Å². The molecule has 1 aliphatic heterocycles. The summed E-state index contributed by atoms with van der Waals surface area (Å²) in [5.41, 5.74) is -0.738. The Balaban J connectivity index is 2.07. The van der Waals surface area contributed by atoms with Gasteiger partial charge in [-0.1, -0.05) is 0 Å². The van der Waals surface area contributed by atoms with Gasteiger partial charge in [0.05, 0.1) is 6.54 Å². The second kappa shape index (κ2) is 5.23. The fourth-order valence-electron chi connectivity index (χ4n) is 2.11. The van der Waals surface area contributed by atoms with E-state index in [0.29, 0.717) is 12.1 Å². The van der Waals surface area contributed by atoms with Crippen molar-refractivity contribution in [3.05, 3.63) is 53.5 Å². The summed E-state index contributed by atoms with van der Waals surface area (Å²) in [5, 5.41) is 2.21. The van der Waals surface area contributed by atoms with Crippen molar-refractivity contribution in [2.24, 2.45) is 0 Å². The molecular weight excluding hydrogens is 335 g/mol. The Morgan fingerprint density at radius 2 is 1.83 bits per heavy atom. The number of hydrogen-bond donors (Lipinski definition) is 1. The van der Waals surface area contributed by atoms with Crippen molar-refractivity contribution in [1.82, 2.24) is 9.29 Å². The molecule has 1 aliphatic rings. The van der Waals surface area contributed by atoms with Crippen molar-refractivity contribution in [3.8, 4) is 0 Å². The molecule has 0 unspecified atom stereocenters. The molecule has 1 N–H and O–H groups in total. The molecule has 120 valence electrons. The van der Waals surface area contributed by atoms with Gasteiger partial charge in [-0.2, -0.15) is 0 Å². The van der Waals surface area contributed by atoms with Crippen LogP contribution in [0.5, 0.6) is 0 Å². The summed E-state index contributed by atoms with van der Waals surface area (Å²) in [6, 6.07) is 2.23. The Hall–Kier alpha value is -2.62. The third-order valence-electron chi connectivity index (χ3n) is 3.20. The number of halogens is 3. The number of hydrogen-bond acceptors (Lipinski definition) is 4. The first-order chi connectivity index (χ1) is 10.8. The van der Waals surface area contributed by atoms with Crippen LogP contribution in [0.3, 0.4) is 0 Å². The Bertz CT molecular complexity index is 895. The van der Waals surface area contributed by atoms with Crippen LogP contribution >= 0.6 is 0 Å². The van der Waals surface area contributed by atoms with Gasteiger partial charge in [0.25, 0.3) is 10.0 Å². The van der Waals surface area contributed by atoms with E-state index in [4.69, 9.17) is 0 Å². The number of sulfonamides is 1. The zero-order chi connectivity index (χ0) is 16.8. The van der Waals surface area contributed by atoms with Crippen LogP contribution in [0.25, 0.3) is 0 Å². The number of benzene rings is 1. The maximum Gasteiger partial charge on any atom is 0.337 e. The molecule has 2 aromatic rings. The average molecular weight is 343 g/mol. The van der Waals surface area contributed by atoms with Crippen LogP contribution < -0.4 is 5.32 Å². The molecule has 2 heterocycles. The lowest BCUT2D eigenvalue weighted by molar-refractivity contribution is 0.232.